The molecular formula is C16H23FIN3OS. The molecule has 7 heteroatoms. The Hall–Kier alpha value is -0.960. The van der Waals surface area contributed by atoms with Crippen molar-refractivity contribution in [1.29, 1.82) is 0 Å². The molecule has 0 aliphatic heterocycles. The lowest BCUT2D eigenvalue weighted by molar-refractivity contribution is 0.547. The van der Waals surface area contributed by atoms with Crippen LogP contribution in [0, 0.1) is 12.7 Å². The second-order valence-electron chi connectivity index (χ2n) is 4.91. The van der Waals surface area contributed by atoms with Crippen LogP contribution in [0.25, 0.3) is 11.0 Å². The van der Waals surface area contributed by atoms with Crippen LogP contribution in [0.5, 0.6) is 0 Å². The van der Waals surface area contributed by atoms with Crippen molar-refractivity contribution in [3.8, 4) is 0 Å². The lowest BCUT2D eigenvalue weighted by Crippen LogP contribution is -2.38. The number of halogens is 2. The van der Waals surface area contributed by atoms with Crippen LogP contribution in [-0.4, -0.2) is 31.1 Å². The van der Waals surface area contributed by atoms with E-state index in [9.17, 15) is 4.39 Å². The summed E-state index contributed by atoms with van der Waals surface area (Å²) >= 11 is 1.78. The van der Waals surface area contributed by atoms with Crippen LogP contribution in [0.2, 0.25) is 0 Å². The second-order valence-corrected chi connectivity index (χ2v) is 5.89. The van der Waals surface area contributed by atoms with E-state index in [1.807, 2.05) is 13.8 Å². The van der Waals surface area contributed by atoms with Gasteiger partial charge in [-0.3, -0.25) is 0 Å². The van der Waals surface area contributed by atoms with E-state index < -0.39 is 0 Å². The van der Waals surface area contributed by atoms with E-state index in [4.69, 9.17) is 4.42 Å². The molecule has 0 amide bonds. The molecule has 0 atom stereocenters. The Bertz CT molecular complexity index is 660. The lowest BCUT2D eigenvalue weighted by Gasteiger charge is -2.10. The number of guanidine groups is 1. The summed E-state index contributed by atoms with van der Waals surface area (Å²) in [5.41, 5.74) is 1.64. The molecule has 2 N–H and O–H groups in total. The van der Waals surface area contributed by atoms with Crippen molar-refractivity contribution in [2.75, 3.05) is 25.1 Å². The molecule has 0 radical (unpaired) electrons. The summed E-state index contributed by atoms with van der Waals surface area (Å²) in [5, 5.41) is 7.28. The number of nitrogens with zero attached hydrogens (tertiary/aromatic N) is 1. The highest BCUT2D eigenvalue weighted by Gasteiger charge is 2.11. The fourth-order valence-electron chi connectivity index (χ4n) is 2.16. The first-order chi connectivity index (χ1) is 10.7. The summed E-state index contributed by atoms with van der Waals surface area (Å²) in [4.78, 5) is 4.53. The molecule has 0 fully saturated rings. The van der Waals surface area contributed by atoms with Crippen LogP contribution < -0.4 is 10.6 Å². The van der Waals surface area contributed by atoms with E-state index in [-0.39, 0.29) is 29.8 Å². The summed E-state index contributed by atoms with van der Waals surface area (Å²) < 4.78 is 19.1. The van der Waals surface area contributed by atoms with E-state index in [2.05, 4.69) is 21.9 Å². The van der Waals surface area contributed by atoms with Crippen LogP contribution in [0.1, 0.15) is 18.2 Å². The van der Waals surface area contributed by atoms with Crippen molar-refractivity contribution in [2.24, 2.45) is 4.99 Å². The summed E-state index contributed by atoms with van der Waals surface area (Å²) in [5.74, 6) is 2.30. The number of aliphatic imine (C=N–C) groups is 1. The Morgan fingerprint density at radius 1 is 1.35 bits per heavy atom. The molecule has 128 valence electrons. The fraction of sp³-hybridized carbons (Fsp3) is 0.438. The molecule has 23 heavy (non-hydrogen) atoms. The van der Waals surface area contributed by atoms with Gasteiger partial charge in [0.1, 0.15) is 23.7 Å². The molecule has 0 aliphatic rings. The van der Waals surface area contributed by atoms with Gasteiger partial charge in [-0.05, 0) is 38.3 Å². The number of rotatable bonds is 6. The van der Waals surface area contributed by atoms with E-state index in [1.165, 1.54) is 12.1 Å². The molecule has 4 nitrogen and oxygen atoms in total. The lowest BCUT2D eigenvalue weighted by atomic mass is 10.1. The van der Waals surface area contributed by atoms with Crippen LogP contribution in [0.3, 0.4) is 0 Å². The van der Waals surface area contributed by atoms with Gasteiger partial charge in [-0.15, -0.1) is 24.0 Å². The zero-order valence-corrected chi connectivity index (χ0v) is 16.8. The van der Waals surface area contributed by atoms with Gasteiger partial charge in [0.15, 0.2) is 5.96 Å². The molecule has 1 aromatic heterocycles. The van der Waals surface area contributed by atoms with Crippen LogP contribution in [0.15, 0.2) is 27.6 Å². The summed E-state index contributed by atoms with van der Waals surface area (Å²) in [7, 11) is 0. The Labute approximate surface area is 157 Å². The maximum absolute atomic E-state index is 13.3. The average Bonchev–Trinajstić information content (AvgIpc) is 2.81. The Kier molecular flexibility index (Phi) is 8.75. The molecule has 2 aromatic rings. The predicted octanol–water partition coefficient (Wildman–Crippen LogP) is 3.92. The van der Waals surface area contributed by atoms with Crippen molar-refractivity contribution in [3.63, 3.8) is 0 Å². The Morgan fingerprint density at radius 3 is 2.83 bits per heavy atom. The summed E-state index contributed by atoms with van der Waals surface area (Å²) in [6.45, 7) is 6.05. The molecular weight excluding hydrogens is 428 g/mol. The van der Waals surface area contributed by atoms with Crippen molar-refractivity contribution < 1.29 is 8.81 Å². The molecule has 0 bridgehead atoms. The quantitative estimate of drug-likeness (QED) is 0.303. The third-order valence-corrected chi connectivity index (χ3v) is 3.93. The highest BCUT2D eigenvalue weighted by atomic mass is 127. The fourth-order valence-corrected chi connectivity index (χ4v) is 2.46. The predicted molar refractivity (Wildman–Crippen MR) is 108 cm³/mol. The standard InChI is InChI=1S/C16H22FN3OS.HI/c1-4-18-16(19-7-8-22-3)20-10-15-11(2)13-9-12(17)5-6-14(13)21-15;/h5-6,9H,4,7-8,10H2,1-3H3,(H2,18,19,20);1H. The van der Waals surface area contributed by atoms with Gasteiger partial charge in [0, 0.05) is 29.8 Å². The first kappa shape index (κ1) is 20.1. The van der Waals surface area contributed by atoms with E-state index >= 15 is 0 Å². The van der Waals surface area contributed by atoms with Gasteiger partial charge in [0.25, 0.3) is 0 Å². The smallest absolute Gasteiger partial charge is 0.191 e. The SMILES string of the molecule is CCNC(=NCc1oc2ccc(F)cc2c1C)NCCSC.I. The zero-order valence-electron chi connectivity index (χ0n) is 13.6. The van der Waals surface area contributed by atoms with E-state index in [0.29, 0.717) is 12.1 Å². The largest absolute Gasteiger partial charge is 0.459 e. The number of furan rings is 1. The molecule has 0 spiro atoms. The number of benzene rings is 1. The number of hydrogen-bond donors (Lipinski definition) is 2. The molecule has 0 saturated carbocycles. The first-order valence-electron chi connectivity index (χ1n) is 7.34. The summed E-state index contributed by atoms with van der Waals surface area (Å²) in [6.07, 6.45) is 2.07. The van der Waals surface area contributed by atoms with Crippen molar-refractivity contribution in [3.05, 3.63) is 35.3 Å². The molecule has 0 unspecified atom stereocenters. The molecule has 0 saturated heterocycles. The van der Waals surface area contributed by atoms with Crippen LogP contribution >= 0.6 is 35.7 Å². The maximum Gasteiger partial charge on any atom is 0.191 e. The van der Waals surface area contributed by atoms with Gasteiger partial charge in [-0.2, -0.15) is 11.8 Å². The number of fused-ring (bicyclic) bond motifs is 1. The number of aryl methyl sites for hydroxylation is 1. The van der Waals surface area contributed by atoms with Gasteiger partial charge < -0.3 is 15.1 Å². The third-order valence-electron chi connectivity index (χ3n) is 3.32. The van der Waals surface area contributed by atoms with Gasteiger partial charge in [-0.1, -0.05) is 0 Å². The highest BCUT2D eigenvalue weighted by molar-refractivity contribution is 14.0. The van der Waals surface area contributed by atoms with Crippen LogP contribution in [0.4, 0.5) is 4.39 Å². The molecule has 1 heterocycles. The van der Waals surface area contributed by atoms with Gasteiger partial charge in [0.05, 0.1) is 0 Å². The van der Waals surface area contributed by atoms with Crippen molar-refractivity contribution in [2.45, 2.75) is 20.4 Å². The minimum atomic E-state index is -0.251. The number of nitrogens with one attached hydrogen (secondary N) is 2. The normalized spacial score (nSPS) is 11.4. The Balaban J connectivity index is 0.00000264. The highest BCUT2D eigenvalue weighted by Crippen LogP contribution is 2.26. The maximum atomic E-state index is 13.3. The zero-order chi connectivity index (χ0) is 15.9. The van der Waals surface area contributed by atoms with Crippen LogP contribution in [-0.2, 0) is 6.54 Å². The van der Waals surface area contributed by atoms with E-state index in [0.717, 1.165) is 41.5 Å². The molecule has 1 aromatic carbocycles. The third kappa shape index (κ3) is 5.56. The monoisotopic (exact) mass is 451 g/mol. The van der Waals surface area contributed by atoms with Crippen molar-refractivity contribution >= 4 is 52.7 Å². The van der Waals surface area contributed by atoms with Gasteiger partial charge in [0.2, 0.25) is 0 Å². The van der Waals surface area contributed by atoms with Gasteiger partial charge in [-0.25, -0.2) is 9.38 Å². The number of thioether (sulfide) groups is 1. The number of hydrogen-bond acceptors (Lipinski definition) is 3. The molecule has 0 aliphatic carbocycles. The first-order valence-corrected chi connectivity index (χ1v) is 8.73. The molecule has 2 rings (SSSR count). The second kappa shape index (κ2) is 10.0. The van der Waals surface area contributed by atoms with E-state index in [1.54, 1.807) is 17.8 Å². The van der Waals surface area contributed by atoms with Gasteiger partial charge >= 0.3 is 0 Å². The minimum Gasteiger partial charge on any atom is -0.459 e. The minimum absolute atomic E-state index is 0. The summed E-state index contributed by atoms with van der Waals surface area (Å²) in [6, 6.07) is 4.57. The Morgan fingerprint density at radius 2 is 2.13 bits per heavy atom. The average molecular weight is 451 g/mol. The van der Waals surface area contributed by atoms with Crippen molar-refractivity contribution in [1.82, 2.24) is 10.6 Å². The topological polar surface area (TPSA) is 49.6 Å².